The number of rotatable bonds is 2. The average Bonchev–Trinajstić information content (AvgIpc) is 2.37. The van der Waals surface area contributed by atoms with Crippen molar-refractivity contribution in [3.63, 3.8) is 0 Å². The minimum Gasteiger partial charge on any atom is -0.508 e. The lowest BCUT2D eigenvalue weighted by Gasteiger charge is -2.13. The van der Waals surface area contributed by atoms with Crippen LogP contribution in [0.2, 0.25) is 5.02 Å². The second kappa shape index (κ2) is 5.93. The Morgan fingerprint density at radius 2 is 2.05 bits per heavy atom. The number of nitrogens with zero attached hydrogens (tertiary/aromatic N) is 1. The normalized spacial score (nSPS) is 16.5. The quantitative estimate of drug-likeness (QED) is 0.824. The molecule has 5 nitrogen and oxygen atoms in total. The SMILES string of the molecule is CC(=O)NC1=CC(=Nc2ccc(O)cc2Cl)C(C)=CC1=O. The topological polar surface area (TPSA) is 78.8 Å². The van der Waals surface area contributed by atoms with Gasteiger partial charge in [0.1, 0.15) is 5.75 Å². The van der Waals surface area contributed by atoms with Crippen LogP contribution < -0.4 is 5.32 Å². The van der Waals surface area contributed by atoms with Crippen LogP contribution in [-0.4, -0.2) is 22.5 Å². The van der Waals surface area contributed by atoms with Crippen molar-refractivity contribution >= 4 is 34.7 Å². The van der Waals surface area contributed by atoms with Crippen LogP contribution in [-0.2, 0) is 9.59 Å². The van der Waals surface area contributed by atoms with Crippen molar-refractivity contribution in [2.45, 2.75) is 13.8 Å². The molecule has 1 aliphatic carbocycles. The van der Waals surface area contributed by atoms with Gasteiger partial charge in [-0.1, -0.05) is 11.6 Å². The van der Waals surface area contributed by atoms with Gasteiger partial charge in [-0.3, -0.25) is 9.59 Å². The van der Waals surface area contributed by atoms with Gasteiger partial charge in [-0.25, -0.2) is 4.99 Å². The van der Waals surface area contributed by atoms with Gasteiger partial charge in [0.25, 0.3) is 0 Å². The number of aliphatic imine (C=N–C) groups is 1. The van der Waals surface area contributed by atoms with E-state index in [1.165, 1.54) is 31.2 Å². The molecule has 1 aliphatic rings. The van der Waals surface area contributed by atoms with Gasteiger partial charge in [-0.15, -0.1) is 0 Å². The van der Waals surface area contributed by atoms with Crippen molar-refractivity contribution in [1.29, 1.82) is 0 Å². The van der Waals surface area contributed by atoms with Gasteiger partial charge in [0.2, 0.25) is 11.7 Å². The number of nitrogens with one attached hydrogen (secondary N) is 1. The van der Waals surface area contributed by atoms with Crippen LogP contribution >= 0.6 is 11.6 Å². The Labute approximate surface area is 126 Å². The standard InChI is InChI=1S/C15H13ClN2O3/c1-8-5-15(21)14(17-9(2)19)7-13(8)18-12-4-3-10(20)6-11(12)16/h3-7,20H,1-2H3,(H,17,19). The Balaban J connectivity index is 2.43. The van der Waals surface area contributed by atoms with E-state index in [0.717, 1.165) is 0 Å². The molecule has 6 heteroatoms. The first kappa shape index (κ1) is 15.0. The summed E-state index contributed by atoms with van der Waals surface area (Å²) < 4.78 is 0. The van der Waals surface area contributed by atoms with Gasteiger partial charge < -0.3 is 10.4 Å². The Bertz CT molecular complexity index is 718. The van der Waals surface area contributed by atoms with Crippen LogP contribution in [0.3, 0.4) is 0 Å². The van der Waals surface area contributed by atoms with Crippen molar-refractivity contribution in [3.05, 3.63) is 46.6 Å². The molecule has 0 aromatic heterocycles. The fourth-order valence-electron chi connectivity index (χ4n) is 1.79. The molecular formula is C15H13ClN2O3. The molecule has 2 N–H and O–H groups in total. The van der Waals surface area contributed by atoms with Crippen molar-refractivity contribution in [2.24, 2.45) is 4.99 Å². The van der Waals surface area contributed by atoms with Crippen molar-refractivity contribution < 1.29 is 14.7 Å². The summed E-state index contributed by atoms with van der Waals surface area (Å²) in [6.45, 7) is 3.07. The number of hydrogen-bond donors (Lipinski definition) is 2. The highest BCUT2D eigenvalue weighted by atomic mass is 35.5. The first-order valence-corrected chi connectivity index (χ1v) is 6.54. The molecule has 1 amide bonds. The largest absolute Gasteiger partial charge is 0.508 e. The summed E-state index contributed by atoms with van der Waals surface area (Å²) in [5, 5.41) is 12.1. The summed E-state index contributed by atoms with van der Waals surface area (Å²) in [5.41, 5.74) is 1.82. The number of aromatic hydroxyl groups is 1. The molecule has 0 bridgehead atoms. The van der Waals surface area contributed by atoms with Gasteiger partial charge in [0.15, 0.2) is 0 Å². The third-order valence-corrected chi connectivity index (χ3v) is 3.08. The van der Waals surface area contributed by atoms with Gasteiger partial charge in [-0.05, 0) is 36.8 Å². The second-order valence-electron chi connectivity index (χ2n) is 4.56. The molecular weight excluding hydrogens is 292 g/mol. The number of phenols is 1. The number of benzene rings is 1. The molecule has 0 spiro atoms. The Kier molecular flexibility index (Phi) is 4.23. The van der Waals surface area contributed by atoms with Crippen LogP contribution in [0.15, 0.2) is 46.6 Å². The van der Waals surface area contributed by atoms with E-state index in [4.69, 9.17) is 11.6 Å². The van der Waals surface area contributed by atoms with Crippen LogP contribution in [0.25, 0.3) is 0 Å². The molecule has 0 aliphatic heterocycles. The van der Waals surface area contributed by atoms with Gasteiger partial charge >= 0.3 is 0 Å². The van der Waals surface area contributed by atoms with E-state index in [2.05, 4.69) is 10.3 Å². The van der Waals surface area contributed by atoms with E-state index in [9.17, 15) is 14.7 Å². The molecule has 21 heavy (non-hydrogen) atoms. The highest BCUT2D eigenvalue weighted by Crippen LogP contribution is 2.29. The summed E-state index contributed by atoms with van der Waals surface area (Å²) in [6, 6.07) is 4.42. The highest BCUT2D eigenvalue weighted by Gasteiger charge is 2.17. The molecule has 1 aromatic rings. The number of carbonyl (C=O) groups is 2. The summed E-state index contributed by atoms with van der Waals surface area (Å²) >= 11 is 6.00. The van der Waals surface area contributed by atoms with E-state index in [1.807, 2.05) is 0 Å². The highest BCUT2D eigenvalue weighted by molar-refractivity contribution is 6.33. The molecule has 0 unspecified atom stereocenters. The third-order valence-electron chi connectivity index (χ3n) is 2.78. The predicted molar refractivity (Wildman–Crippen MR) is 80.9 cm³/mol. The summed E-state index contributed by atoms with van der Waals surface area (Å²) in [6.07, 6.45) is 2.90. The van der Waals surface area contributed by atoms with Gasteiger partial charge in [0.05, 0.1) is 22.1 Å². The fraction of sp³-hybridized carbons (Fsp3) is 0.133. The summed E-state index contributed by atoms with van der Waals surface area (Å²) in [5.74, 6) is -0.562. The molecule has 1 aromatic carbocycles. The number of halogens is 1. The summed E-state index contributed by atoms with van der Waals surface area (Å²) in [7, 11) is 0. The molecule has 0 saturated heterocycles. The van der Waals surface area contributed by atoms with E-state index >= 15 is 0 Å². The van der Waals surface area contributed by atoms with Crippen molar-refractivity contribution in [3.8, 4) is 5.75 Å². The molecule has 0 fully saturated rings. The Morgan fingerprint density at radius 3 is 2.67 bits per heavy atom. The third kappa shape index (κ3) is 3.58. The molecule has 0 radical (unpaired) electrons. The molecule has 2 rings (SSSR count). The first-order chi connectivity index (χ1) is 9.86. The number of hydrogen-bond acceptors (Lipinski definition) is 4. The zero-order chi connectivity index (χ0) is 15.6. The monoisotopic (exact) mass is 304 g/mol. The number of amides is 1. The number of ketones is 1. The fourth-order valence-corrected chi connectivity index (χ4v) is 2.01. The zero-order valence-corrected chi connectivity index (χ0v) is 12.2. The maximum Gasteiger partial charge on any atom is 0.221 e. The van der Waals surface area contributed by atoms with Crippen LogP contribution in [0, 0.1) is 0 Å². The second-order valence-corrected chi connectivity index (χ2v) is 4.97. The van der Waals surface area contributed by atoms with E-state index in [0.29, 0.717) is 22.0 Å². The minimum absolute atomic E-state index is 0.0458. The predicted octanol–water partition coefficient (Wildman–Crippen LogP) is 2.67. The lowest BCUT2D eigenvalue weighted by Crippen LogP contribution is -2.27. The first-order valence-electron chi connectivity index (χ1n) is 6.16. The van der Waals surface area contributed by atoms with E-state index in [-0.39, 0.29) is 23.1 Å². The van der Waals surface area contributed by atoms with E-state index < -0.39 is 0 Å². The van der Waals surface area contributed by atoms with Crippen LogP contribution in [0.1, 0.15) is 13.8 Å². The number of carbonyl (C=O) groups excluding carboxylic acids is 2. The van der Waals surface area contributed by atoms with Gasteiger partial charge in [0, 0.05) is 13.0 Å². The minimum atomic E-state index is -0.329. The van der Waals surface area contributed by atoms with Gasteiger partial charge in [-0.2, -0.15) is 0 Å². The smallest absolute Gasteiger partial charge is 0.221 e. The van der Waals surface area contributed by atoms with Crippen molar-refractivity contribution in [2.75, 3.05) is 0 Å². The Morgan fingerprint density at radius 1 is 1.33 bits per heavy atom. The average molecular weight is 305 g/mol. The van der Waals surface area contributed by atoms with Crippen LogP contribution in [0.5, 0.6) is 5.75 Å². The maximum absolute atomic E-state index is 11.8. The molecule has 0 atom stereocenters. The van der Waals surface area contributed by atoms with E-state index in [1.54, 1.807) is 13.0 Å². The number of allylic oxidation sites excluding steroid dienone is 3. The molecule has 0 saturated carbocycles. The van der Waals surface area contributed by atoms with Crippen molar-refractivity contribution in [1.82, 2.24) is 5.32 Å². The Hall–Kier alpha value is -2.40. The van der Waals surface area contributed by atoms with Crippen LogP contribution in [0.4, 0.5) is 5.69 Å². The summed E-state index contributed by atoms with van der Waals surface area (Å²) in [4.78, 5) is 27.2. The molecule has 0 heterocycles. The zero-order valence-electron chi connectivity index (χ0n) is 11.5. The number of phenolic OH excluding ortho intramolecular Hbond substituents is 1. The maximum atomic E-state index is 11.8. The lowest BCUT2D eigenvalue weighted by atomic mass is 10.0. The molecule has 108 valence electrons. The lowest BCUT2D eigenvalue weighted by molar-refractivity contribution is -0.120.